The molecule has 96 valence electrons. The SMILES string of the molecule is Cc1ccccc1C(=O)[I+]C(=O)c1ccccc1C. The first kappa shape index (κ1) is 13.9. The summed E-state index contributed by atoms with van der Waals surface area (Å²) in [6, 6.07) is 14.8. The van der Waals surface area contributed by atoms with Gasteiger partial charge in [0, 0.05) is 0 Å². The molecule has 0 N–H and O–H groups in total. The lowest BCUT2D eigenvalue weighted by Crippen LogP contribution is -3.67. The maximum atomic E-state index is 12.2. The third-order valence-electron chi connectivity index (χ3n) is 2.89. The van der Waals surface area contributed by atoms with Crippen molar-refractivity contribution in [3.63, 3.8) is 0 Å². The summed E-state index contributed by atoms with van der Waals surface area (Å²) in [5.74, 6) is 0. The van der Waals surface area contributed by atoms with Crippen molar-refractivity contribution in [1.29, 1.82) is 0 Å². The lowest BCUT2D eigenvalue weighted by Gasteiger charge is -1.97. The first-order chi connectivity index (χ1) is 9.09. The van der Waals surface area contributed by atoms with Gasteiger partial charge in [0.2, 0.25) is 0 Å². The van der Waals surface area contributed by atoms with Gasteiger partial charge in [-0.25, -0.2) is 9.59 Å². The number of halogens is 1. The molecule has 0 spiro atoms. The molecule has 0 heterocycles. The van der Waals surface area contributed by atoms with Crippen LogP contribution in [0.25, 0.3) is 0 Å². The number of hydrogen-bond acceptors (Lipinski definition) is 2. The third-order valence-corrected chi connectivity index (χ3v) is 5.03. The molecule has 0 aromatic heterocycles. The second-order valence-corrected chi connectivity index (χ2v) is 6.77. The minimum absolute atomic E-state index is 0.00912. The molecular weight excluding hydrogens is 351 g/mol. The number of benzene rings is 2. The molecule has 0 radical (unpaired) electrons. The molecule has 2 aromatic rings. The molecule has 0 saturated carbocycles. The van der Waals surface area contributed by atoms with Crippen LogP contribution in [0, 0.1) is 13.8 Å². The number of rotatable bonds is 4. The fourth-order valence-electron chi connectivity index (χ4n) is 1.77. The Morgan fingerprint density at radius 1 is 0.737 bits per heavy atom. The molecule has 0 atom stereocenters. The highest BCUT2D eigenvalue weighted by Crippen LogP contribution is 2.05. The van der Waals surface area contributed by atoms with Crippen molar-refractivity contribution >= 4 is 7.58 Å². The van der Waals surface area contributed by atoms with Crippen molar-refractivity contribution in [2.24, 2.45) is 0 Å². The number of carbonyl (C=O) groups is 2. The van der Waals surface area contributed by atoms with E-state index in [4.69, 9.17) is 0 Å². The summed E-state index contributed by atoms with van der Waals surface area (Å²) in [5, 5.41) is 0. The van der Waals surface area contributed by atoms with Gasteiger partial charge >= 0.3 is 28.8 Å². The van der Waals surface area contributed by atoms with E-state index in [1.165, 1.54) is 0 Å². The molecule has 3 heteroatoms. The monoisotopic (exact) mass is 365 g/mol. The van der Waals surface area contributed by atoms with Gasteiger partial charge in [0.1, 0.15) is 0 Å². The summed E-state index contributed by atoms with van der Waals surface area (Å²) < 4.78 is -0.0182. The van der Waals surface area contributed by atoms with Crippen LogP contribution in [0.15, 0.2) is 48.5 Å². The quantitative estimate of drug-likeness (QED) is 0.580. The zero-order chi connectivity index (χ0) is 13.8. The molecule has 0 aliphatic carbocycles. The average Bonchev–Trinajstić information content (AvgIpc) is 2.39. The normalized spacial score (nSPS) is 10.2. The number of carbonyl (C=O) groups excluding carboxylic acids is 2. The Labute approximate surface area is 123 Å². The molecule has 0 fully saturated rings. The van der Waals surface area contributed by atoms with Crippen molar-refractivity contribution in [2.45, 2.75) is 13.8 Å². The predicted molar refractivity (Wildman–Crippen MR) is 71.0 cm³/mol. The van der Waals surface area contributed by atoms with Crippen molar-refractivity contribution in [3.8, 4) is 0 Å². The van der Waals surface area contributed by atoms with E-state index in [2.05, 4.69) is 0 Å². The molecule has 0 saturated heterocycles. The molecule has 0 bridgehead atoms. The van der Waals surface area contributed by atoms with Gasteiger partial charge in [-0.1, -0.05) is 36.4 Å². The fourth-order valence-corrected chi connectivity index (χ4v) is 4.00. The van der Waals surface area contributed by atoms with Crippen LogP contribution >= 0.6 is 0 Å². The average molecular weight is 365 g/mol. The van der Waals surface area contributed by atoms with E-state index in [1.54, 1.807) is 12.1 Å². The zero-order valence-electron chi connectivity index (χ0n) is 10.8. The Bertz CT molecular complexity index is 577. The number of aryl methyl sites for hydroxylation is 2. The van der Waals surface area contributed by atoms with Crippen molar-refractivity contribution in [1.82, 2.24) is 0 Å². The van der Waals surface area contributed by atoms with Crippen LogP contribution in [0.2, 0.25) is 0 Å². The molecule has 2 aromatic carbocycles. The van der Waals surface area contributed by atoms with Crippen molar-refractivity contribution in [2.75, 3.05) is 0 Å². The number of hydrogen-bond donors (Lipinski definition) is 0. The minimum Gasteiger partial charge on any atom is -0.234 e. The van der Waals surface area contributed by atoms with E-state index in [9.17, 15) is 9.59 Å². The first-order valence-corrected chi connectivity index (χ1v) is 8.10. The van der Waals surface area contributed by atoms with Gasteiger partial charge in [0.25, 0.3) is 0 Å². The molecular formula is C16H14IO2+. The van der Waals surface area contributed by atoms with Gasteiger partial charge in [-0.15, -0.1) is 0 Å². The highest BCUT2D eigenvalue weighted by molar-refractivity contribution is 5.98. The summed E-state index contributed by atoms with van der Waals surface area (Å²) in [4.78, 5) is 24.4. The van der Waals surface area contributed by atoms with Crippen LogP contribution in [0.3, 0.4) is 0 Å². The smallest absolute Gasteiger partial charge is 0.234 e. The lowest BCUT2D eigenvalue weighted by atomic mass is 10.1. The third kappa shape index (κ3) is 3.29. The van der Waals surface area contributed by atoms with E-state index in [-0.39, 0.29) is 7.58 Å². The second-order valence-electron chi connectivity index (χ2n) is 4.27. The Kier molecular flexibility index (Phi) is 4.47. The maximum absolute atomic E-state index is 12.2. The van der Waals surface area contributed by atoms with Gasteiger partial charge in [0.15, 0.2) is 0 Å². The summed E-state index contributed by atoms with van der Waals surface area (Å²) in [6.45, 7) is 3.80. The fraction of sp³-hybridized carbons (Fsp3) is 0.125. The molecule has 2 rings (SSSR count). The van der Waals surface area contributed by atoms with Crippen LogP contribution in [0.4, 0.5) is 0 Å². The maximum Gasteiger partial charge on any atom is 0.452 e. The highest BCUT2D eigenvalue weighted by atomic mass is 127. The van der Waals surface area contributed by atoms with Crippen molar-refractivity contribution < 1.29 is 30.8 Å². The van der Waals surface area contributed by atoms with E-state index in [1.807, 2.05) is 50.2 Å². The summed E-state index contributed by atoms with van der Waals surface area (Å²) in [6.07, 6.45) is 0. The van der Waals surface area contributed by atoms with E-state index < -0.39 is 21.2 Å². The topological polar surface area (TPSA) is 34.1 Å². The highest BCUT2D eigenvalue weighted by Gasteiger charge is 2.34. The molecule has 19 heavy (non-hydrogen) atoms. The Morgan fingerprint density at radius 2 is 1.11 bits per heavy atom. The first-order valence-electron chi connectivity index (χ1n) is 5.94. The van der Waals surface area contributed by atoms with Crippen molar-refractivity contribution in [3.05, 3.63) is 70.8 Å². The molecule has 2 nitrogen and oxygen atoms in total. The second kappa shape index (κ2) is 6.10. The van der Waals surface area contributed by atoms with Crippen LogP contribution in [-0.2, 0) is 0 Å². The minimum atomic E-state index is -1.17. The van der Waals surface area contributed by atoms with Crippen LogP contribution in [0.5, 0.6) is 0 Å². The summed E-state index contributed by atoms with van der Waals surface area (Å²) >= 11 is -1.17. The van der Waals surface area contributed by atoms with Gasteiger partial charge in [-0.05, 0) is 37.1 Å². The standard InChI is InChI=1S/C16H14IO2/c1-11-7-3-5-9-13(11)15(18)17-16(19)14-10-6-4-8-12(14)2/h3-10H,1-2H3/q+1. The van der Waals surface area contributed by atoms with Crippen LogP contribution < -0.4 is 21.2 Å². The molecule has 0 aliphatic heterocycles. The Hall–Kier alpha value is -1.49. The van der Waals surface area contributed by atoms with Crippen LogP contribution in [-0.4, -0.2) is 7.58 Å². The van der Waals surface area contributed by atoms with E-state index in [0.717, 1.165) is 11.1 Å². The Balaban J connectivity index is 2.19. The van der Waals surface area contributed by atoms with E-state index in [0.29, 0.717) is 11.1 Å². The van der Waals surface area contributed by atoms with Crippen LogP contribution in [0.1, 0.15) is 31.8 Å². The van der Waals surface area contributed by atoms with Gasteiger partial charge in [-0.2, -0.15) is 0 Å². The predicted octanol–water partition coefficient (Wildman–Crippen LogP) is 0.373. The molecule has 0 unspecified atom stereocenters. The largest absolute Gasteiger partial charge is 0.452 e. The lowest BCUT2D eigenvalue weighted by molar-refractivity contribution is -0.450. The summed E-state index contributed by atoms with van der Waals surface area (Å²) in [5.41, 5.74) is 3.23. The van der Waals surface area contributed by atoms with Gasteiger partial charge in [-0.3, -0.25) is 0 Å². The van der Waals surface area contributed by atoms with Gasteiger partial charge < -0.3 is 0 Å². The Morgan fingerprint density at radius 3 is 1.47 bits per heavy atom. The molecule has 0 amide bonds. The summed E-state index contributed by atoms with van der Waals surface area (Å²) in [7, 11) is 0. The van der Waals surface area contributed by atoms with E-state index >= 15 is 0 Å². The molecule has 0 aliphatic rings. The van der Waals surface area contributed by atoms with Gasteiger partial charge in [0.05, 0.1) is 11.1 Å². The zero-order valence-corrected chi connectivity index (χ0v) is 13.0.